The molecule has 2 aromatic rings. The minimum Gasteiger partial charge on any atom is -0.368 e. The molecular formula is C19H25N5OS. The van der Waals surface area contributed by atoms with Gasteiger partial charge in [0.15, 0.2) is 0 Å². The van der Waals surface area contributed by atoms with Crippen LogP contribution in [-0.4, -0.2) is 42.1 Å². The fourth-order valence-corrected chi connectivity index (χ4v) is 3.52. The minimum absolute atomic E-state index is 0.0897. The summed E-state index contributed by atoms with van der Waals surface area (Å²) in [5, 5.41) is 8.14. The number of aromatic nitrogens is 2. The van der Waals surface area contributed by atoms with Crippen LogP contribution in [0.4, 0.5) is 11.6 Å². The summed E-state index contributed by atoms with van der Waals surface area (Å²) in [5.41, 5.74) is 0. The molecule has 1 saturated heterocycles. The molecule has 0 spiro atoms. The maximum absolute atomic E-state index is 11.8. The molecule has 0 bridgehead atoms. The van der Waals surface area contributed by atoms with Gasteiger partial charge in [-0.1, -0.05) is 6.07 Å². The Morgan fingerprint density at radius 1 is 1.27 bits per heavy atom. The van der Waals surface area contributed by atoms with E-state index in [1.165, 1.54) is 19.3 Å². The number of rotatable bonds is 7. The predicted octanol–water partition coefficient (Wildman–Crippen LogP) is 3.08. The van der Waals surface area contributed by atoms with Crippen molar-refractivity contribution in [3.8, 4) is 0 Å². The third-order valence-corrected chi connectivity index (χ3v) is 5.01. The van der Waals surface area contributed by atoms with Crippen molar-refractivity contribution < 1.29 is 4.79 Å². The van der Waals surface area contributed by atoms with Gasteiger partial charge in [-0.25, -0.2) is 9.97 Å². The molecule has 1 aliphatic rings. The SMILES string of the molecule is Cc1nc(NCCNC(=O)/C=C/c2cccs2)cc(N2CCCCC2)n1. The van der Waals surface area contributed by atoms with Crippen molar-refractivity contribution in [1.82, 2.24) is 15.3 Å². The molecule has 1 fully saturated rings. The molecular weight excluding hydrogens is 346 g/mol. The second kappa shape index (κ2) is 9.33. The number of amides is 1. The number of piperidine rings is 1. The van der Waals surface area contributed by atoms with E-state index in [9.17, 15) is 4.79 Å². The Morgan fingerprint density at radius 2 is 2.12 bits per heavy atom. The molecule has 138 valence electrons. The highest BCUT2D eigenvalue weighted by atomic mass is 32.1. The Balaban J connectivity index is 1.45. The van der Waals surface area contributed by atoms with E-state index in [-0.39, 0.29) is 5.91 Å². The maximum Gasteiger partial charge on any atom is 0.244 e. The van der Waals surface area contributed by atoms with Crippen molar-refractivity contribution in [3.05, 3.63) is 40.4 Å². The van der Waals surface area contributed by atoms with Gasteiger partial charge in [-0.05, 0) is 43.7 Å². The summed E-state index contributed by atoms with van der Waals surface area (Å²) in [6.45, 7) is 5.19. The Kier molecular flexibility index (Phi) is 6.60. The lowest BCUT2D eigenvalue weighted by molar-refractivity contribution is -0.116. The van der Waals surface area contributed by atoms with Gasteiger partial charge >= 0.3 is 0 Å². The van der Waals surface area contributed by atoms with Gasteiger partial charge in [-0.3, -0.25) is 4.79 Å². The molecule has 6 nitrogen and oxygen atoms in total. The summed E-state index contributed by atoms with van der Waals surface area (Å²) in [4.78, 5) is 24.2. The van der Waals surface area contributed by atoms with Gasteiger partial charge in [0.25, 0.3) is 0 Å². The topological polar surface area (TPSA) is 70.2 Å². The van der Waals surface area contributed by atoms with Crippen LogP contribution in [0.15, 0.2) is 29.7 Å². The van der Waals surface area contributed by atoms with Gasteiger partial charge in [0.2, 0.25) is 5.91 Å². The fraction of sp³-hybridized carbons (Fsp3) is 0.421. The van der Waals surface area contributed by atoms with Crippen molar-refractivity contribution in [2.45, 2.75) is 26.2 Å². The van der Waals surface area contributed by atoms with Crippen molar-refractivity contribution in [2.75, 3.05) is 36.4 Å². The molecule has 3 rings (SSSR count). The van der Waals surface area contributed by atoms with E-state index in [1.54, 1.807) is 17.4 Å². The normalized spacial score (nSPS) is 14.6. The number of carbonyl (C=O) groups is 1. The second-order valence-corrected chi connectivity index (χ2v) is 7.25. The van der Waals surface area contributed by atoms with E-state index in [4.69, 9.17) is 0 Å². The van der Waals surface area contributed by atoms with Crippen LogP contribution in [-0.2, 0) is 4.79 Å². The van der Waals surface area contributed by atoms with E-state index < -0.39 is 0 Å². The molecule has 7 heteroatoms. The zero-order valence-corrected chi connectivity index (χ0v) is 15.9. The molecule has 26 heavy (non-hydrogen) atoms. The summed E-state index contributed by atoms with van der Waals surface area (Å²) >= 11 is 1.61. The van der Waals surface area contributed by atoms with Crippen LogP contribution >= 0.6 is 11.3 Å². The Hall–Kier alpha value is -2.41. The van der Waals surface area contributed by atoms with Crippen LogP contribution in [0.2, 0.25) is 0 Å². The zero-order chi connectivity index (χ0) is 18.2. The van der Waals surface area contributed by atoms with Gasteiger partial charge in [0, 0.05) is 43.2 Å². The number of aryl methyl sites for hydroxylation is 1. The van der Waals surface area contributed by atoms with Crippen molar-refractivity contribution in [3.63, 3.8) is 0 Å². The molecule has 0 aromatic carbocycles. The quantitative estimate of drug-likeness (QED) is 0.578. The van der Waals surface area contributed by atoms with Crippen LogP contribution in [0.1, 0.15) is 30.0 Å². The van der Waals surface area contributed by atoms with Gasteiger partial charge in [0.1, 0.15) is 17.5 Å². The van der Waals surface area contributed by atoms with Gasteiger partial charge in [-0.15, -0.1) is 11.3 Å². The molecule has 2 aromatic heterocycles. The van der Waals surface area contributed by atoms with Crippen LogP contribution in [0.25, 0.3) is 6.08 Å². The Labute approximate surface area is 158 Å². The molecule has 1 amide bonds. The molecule has 3 heterocycles. The molecule has 1 aliphatic heterocycles. The lowest BCUT2D eigenvalue weighted by Gasteiger charge is -2.28. The highest BCUT2D eigenvalue weighted by Crippen LogP contribution is 2.20. The average molecular weight is 372 g/mol. The first kappa shape index (κ1) is 18.4. The standard InChI is InChI=1S/C19H25N5OS/c1-15-22-17(14-18(23-15)24-11-3-2-4-12-24)20-9-10-21-19(25)8-7-16-6-5-13-26-16/h5-8,13-14H,2-4,9-12H2,1H3,(H,21,25)(H,20,22,23)/b8-7+. The molecule has 0 atom stereocenters. The maximum atomic E-state index is 11.8. The molecule has 0 saturated carbocycles. The number of hydrogen-bond acceptors (Lipinski definition) is 6. The molecule has 0 unspecified atom stereocenters. The van der Waals surface area contributed by atoms with E-state index in [1.807, 2.05) is 36.6 Å². The molecule has 0 radical (unpaired) electrons. The number of nitrogens with zero attached hydrogens (tertiary/aromatic N) is 3. The Bertz CT molecular complexity index is 738. The van der Waals surface area contributed by atoms with Crippen molar-refractivity contribution in [1.29, 1.82) is 0 Å². The lowest BCUT2D eigenvalue weighted by Crippen LogP contribution is -2.30. The van der Waals surface area contributed by atoms with Gasteiger partial charge in [0.05, 0.1) is 0 Å². The summed E-state index contributed by atoms with van der Waals surface area (Å²) in [6, 6.07) is 5.94. The van der Waals surface area contributed by atoms with Crippen LogP contribution < -0.4 is 15.5 Å². The number of anilines is 2. The first-order valence-corrected chi connectivity index (χ1v) is 9.92. The van der Waals surface area contributed by atoms with Crippen LogP contribution in [0.3, 0.4) is 0 Å². The monoisotopic (exact) mass is 371 g/mol. The molecule has 2 N–H and O–H groups in total. The first-order chi connectivity index (χ1) is 12.7. The summed E-state index contributed by atoms with van der Waals surface area (Å²) < 4.78 is 0. The van der Waals surface area contributed by atoms with E-state index in [0.717, 1.165) is 35.4 Å². The number of carbonyl (C=O) groups excluding carboxylic acids is 1. The second-order valence-electron chi connectivity index (χ2n) is 6.27. The van der Waals surface area contributed by atoms with E-state index in [0.29, 0.717) is 13.1 Å². The van der Waals surface area contributed by atoms with Crippen LogP contribution in [0.5, 0.6) is 0 Å². The van der Waals surface area contributed by atoms with Gasteiger partial charge < -0.3 is 15.5 Å². The minimum atomic E-state index is -0.0897. The summed E-state index contributed by atoms with van der Waals surface area (Å²) in [6.07, 6.45) is 7.13. The Morgan fingerprint density at radius 3 is 2.88 bits per heavy atom. The third-order valence-electron chi connectivity index (χ3n) is 4.18. The lowest BCUT2D eigenvalue weighted by atomic mass is 10.1. The predicted molar refractivity (Wildman–Crippen MR) is 108 cm³/mol. The van der Waals surface area contributed by atoms with Crippen molar-refractivity contribution in [2.24, 2.45) is 0 Å². The average Bonchev–Trinajstić information content (AvgIpc) is 3.17. The number of thiophene rings is 1. The summed E-state index contributed by atoms with van der Waals surface area (Å²) in [5.74, 6) is 2.47. The highest BCUT2D eigenvalue weighted by Gasteiger charge is 2.13. The fourth-order valence-electron chi connectivity index (χ4n) is 2.91. The van der Waals surface area contributed by atoms with Crippen molar-refractivity contribution >= 4 is 35.0 Å². The zero-order valence-electron chi connectivity index (χ0n) is 15.1. The highest BCUT2D eigenvalue weighted by molar-refractivity contribution is 7.10. The van der Waals surface area contributed by atoms with Crippen LogP contribution in [0, 0.1) is 6.92 Å². The largest absolute Gasteiger partial charge is 0.368 e. The van der Waals surface area contributed by atoms with E-state index in [2.05, 4.69) is 25.5 Å². The number of nitrogens with one attached hydrogen (secondary N) is 2. The molecule has 0 aliphatic carbocycles. The smallest absolute Gasteiger partial charge is 0.244 e. The van der Waals surface area contributed by atoms with Gasteiger partial charge in [-0.2, -0.15) is 0 Å². The first-order valence-electron chi connectivity index (χ1n) is 9.04. The summed E-state index contributed by atoms with van der Waals surface area (Å²) in [7, 11) is 0. The van der Waals surface area contributed by atoms with E-state index >= 15 is 0 Å². The third kappa shape index (κ3) is 5.56. The number of hydrogen-bond donors (Lipinski definition) is 2.